The molecule has 14 heavy (non-hydrogen) atoms. The molecule has 1 fully saturated rings. The topological polar surface area (TPSA) is 24.4 Å². The molecule has 0 bridgehead atoms. The van der Waals surface area contributed by atoms with E-state index in [1.807, 2.05) is 0 Å². The van der Waals surface area contributed by atoms with Gasteiger partial charge in [-0.2, -0.15) is 0 Å². The van der Waals surface area contributed by atoms with Crippen LogP contribution in [-0.2, 0) is 0 Å². The Hall–Kier alpha value is -0.890. The molecule has 0 aromatic carbocycles. The van der Waals surface area contributed by atoms with Crippen molar-refractivity contribution in [3.63, 3.8) is 0 Å². The molecule has 0 saturated heterocycles. The summed E-state index contributed by atoms with van der Waals surface area (Å²) in [5.74, 6) is 0.795. The van der Waals surface area contributed by atoms with Gasteiger partial charge in [0.05, 0.1) is 6.04 Å². The van der Waals surface area contributed by atoms with Crippen molar-refractivity contribution in [2.45, 2.75) is 25.3 Å². The van der Waals surface area contributed by atoms with E-state index in [9.17, 15) is 0 Å². The number of aliphatic imine (C=N–C) groups is 1. The van der Waals surface area contributed by atoms with Crippen LogP contribution in [-0.4, -0.2) is 24.8 Å². The van der Waals surface area contributed by atoms with E-state index in [1.165, 1.54) is 24.1 Å². The smallest absolute Gasteiger partial charge is 0.0761 e. The van der Waals surface area contributed by atoms with E-state index in [1.54, 1.807) is 0 Å². The maximum atomic E-state index is 4.85. The summed E-state index contributed by atoms with van der Waals surface area (Å²) in [6, 6.07) is 0.450. The third kappa shape index (κ3) is 1.55. The second-order valence-corrected chi connectivity index (χ2v) is 4.37. The van der Waals surface area contributed by atoms with Gasteiger partial charge in [-0.1, -0.05) is 12.2 Å². The van der Waals surface area contributed by atoms with Crippen LogP contribution in [0.3, 0.4) is 0 Å². The predicted molar refractivity (Wildman–Crippen MR) is 58.7 cm³/mol. The van der Waals surface area contributed by atoms with E-state index in [0.29, 0.717) is 6.04 Å². The third-order valence-corrected chi connectivity index (χ3v) is 3.21. The van der Waals surface area contributed by atoms with Crippen molar-refractivity contribution in [3.8, 4) is 0 Å². The highest BCUT2D eigenvalue weighted by molar-refractivity contribution is 5.99. The zero-order valence-corrected chi connectivity index (χ0v) is 8.37. The minimum absolute atomic E-state index is 0.450. The molecule has 0 radical (unpaired) electrons. The summed E-state index contributed by atoms with van der Waals surface area (Å²) in [6.45, 7) is 2.10. The van der Waals surface area contributed by atoms with Crippen LogP contribution in [0.2, 0.25) is 0 Å². The van der Waals surface area contributed by atoms with E-state index in [4.69, 9.17) is 4.99 Å². The maximum Gasteiger partial charge on any atom is 0.0761 e. The van der Waals surface area contributed by atoms with Crippen molar-refractivity contribution in [1.82, 2.24) is 5.32 Å². The van der Waals surface area contributed by atoms with Gasteiger partial charge in [-0.25, -0.2) is 0 Å². The number of hydrogen-bond donors (Lipinski definition) is 1. The van der Waals surface area contributed by atoms with Gasteiger partial charge in [0.25, 0.3) is 0 Å². The molecule has 74 valence electrons. The highest BCUT2D eigenvalue weighted by Crippen LogP contribution is 2.34. The molecule has 0 amide bonds. The minimum Gasteiger partial charge on any atom is -0.313 e. The second kappa shape index (κ2) is 3.35. The van der Waals surface area contributed by atoms with E-state index < -0.39 is 0 Å². The third-order valence-electron chi connectivity index (χ3n) is 3.21. The molecule has 1 atom stereocenters. The lowest BCUT2D eigenvalue weighted by Gasteiger charge is -2.17. The number of rotatable bonds is 1. The molecule has 0 aromatic heterocycles. The van der Waals surface area contributed by atoms with Gasteiger partial charge >= 0.3 is 0 Å². The number of dihydropyridines is 1. The van der Waals surface area contributed by atoms with Gasteiger partial charge in [-0.15, -0.1) is 0 Å². The van der Waals surface area contributed by atoms with Crippen molar-refractivity contribution in [2.75, 3.05) is 13.1 Å². The molecule has 1 aliphatic carbocycles. The largest absolute Gasteiger partial charge is 0.313 e. The summed E-state index contributed by atoms with van der Waals surface area (Å²) in [5.41, 5.74) is 2.77. The Morgan fingerprint density at radius 1 is 1.21 bits per heavy atom. The SMILES string of the molecule is C1=CC(C2CC2)=N[C@H]2CCNCC=C12. The average Bonchev–Trinajstić information content (AvgIpc) is 3.04. The Morgan fingerprint density at radius 2 is 2.14 bits per heavy atom. The summed E-state index contributed by atoms with van der Waals surface area (Å²) in [6.07, 6.45) is 10.7. The van der Waals surface area contributed by atoms with Crippen LogP contribution in [0, 0.1) is 5.92 Å². The van der Waals surface area contributed by atoms with Gasteiger partial charge in [-0.05, 0) is 37.5 Å². The fourth-order valence-corrected chi connectivity index (χ4v) is 2.18. The van der Waals surface area contributed by atoms with E-state index in [0.717, 1.165) is 25.4 Å². The van der Waals surface area contributed by atoms with Crippen LogP contribution in [0.1, 0.15) is 19.3 Å². The normalized spacial score (nSPS) is 31.6. The van der Waals surface area contributed by atoms with Gasteiger partial charge < -0.3 is 5.32 Å². The van der Waals surface area contributed by atoms with Crippen molar-refractivity contribution in [2.24, 2.45) is 10.9 Å². The van der Waals surface area contributed by atoms with Crippen LogP contribution in [0.25, 0.3) is 0 Å². The molecule has 3 rings (SSSR count). The highest BCUT2D eigenvalue weighted by Gasteiger charge is 2.29. The Bertz CT molecular complexity index is 321. The molecule has 2 heteroatoms. The first-order chi connectivity index (χ1) is 6.93. The standard InChI is InChI=1S/C12H16N2/c1-2-9(1)11-4-3-10-5-7-13-8-6-12(10)14-11/h3-5,9,12-13H,1-2,6-8H2/t12-/m0/s1. The summed E-state index contributed by atoms with van der Waals surface area (Å²) in [4.78, 5) is 4.85. The lowest BCUT2D eigenvalue weighted by molar-refractivity contribution is 0.656. The van der Waals surface area contributed by atoms with Gasteiger partial charge in [-0.3, -0.25) is 4.99 Å². The zero-order valence-electron chi connectivity index (χ0n) is 8.37. The van der Waals surface area contributed by atoms with Crippen molar-refractivity contribution in [3.05, 3.63) is 23.8 Å². The summed E-state index contributed by atoms with van der Waals surface area (Å²) in [7, 11) is 0. The van der Waals surface area contributed by atoms with E-state index in [2.05, 4.69) is 23.5 Å². The molecule has 2 nitrogen and oxygen atoms in total. The van der Waals surface area contributed by atoms with Crippen LogP contribution < -0.4 is 5.32 Å². The van der Waals surface area contributed by atoms with Gasteiger partial charge in [0.2, 0.25) is 0 Å². The molecule has 2 aliphatic heterocycles. The van der Waals surface area contributed by atoms with Crippen LogP contribution in [0.4, 0.5) is 0 Å². The number of nitrogens with one attached hydrogen (secondary N) is 1. The molecule has 1 N–H and O–H groups in total. The summed E-state index contributed by atoms with van der Waals surface area (Å²) in [5, 5.41) is 3.38. The highest BCUT2D eigenvalue weighted by atomic mass is 14.9. The van der Waals surface area contributed by atoms with Gasteiger partial charge in [0, 0.05) is 18.2 Å². The Balaban J connectivity index is 1.85. The first-order valence-corrected chi connectivity index (χ1v) is 5.60. The number of fused-ring (bicyclic) bond motifs is 1. The molecule has 1 saturated carbocycles. The number of allylic oxidation sites excluding steroid dienone is 1. The number of nitrogens with zero attached hydrogens (tertiary/aromatic N) is 1. The van der Waals surface area contributed by atoms with Gasteiger partial charge in [0.15, 0.2) is 0 Å². The Kier molecular flexibility index (Phi) is 2.02. The monoisotopic (exact) mass is 188 g/mol. The average molecular weight is 188 g/mol. The Labute approximate surface area is 84.8 Å². The second-order valence-electron chi connectivity index (χ2n) is 4.37. The molecular weight excluding hydrogens is 172 g/mol. The maximum absolute atomic E-state index is 4.85. The van der Waals surface area contributed by atoms with E-state index in [-0.39, 0.29) is 0 Å². The summed E-state index contributed by atoms with van der Waals surface area (Å²) < 4.78 is 0. The molecule has 2 heterocycles. The fraction of sp³-hybridized carbons (Fsp3) is 0.583. The van der Waals surface area contributed by atoms with Crippen LogP contribution in [0.5, 0.6) is 0 Å². The van der Waals surface area contributed by atoms with Crippen molar-refractivity contribution < 1.29 is 0 Å². The summed E-state index contributed by atoms with van der Waals surface area (Å²) >= 11 is 0. The Morgan fingerprint density at radius 3 is 3.00 bits per heavy atom. The first kappa shape index (κ1) is 8.42. The van der Waals surface area contributed by atoms with Crippen LogP contribution in [0.15, 0.2) is 28.8 Å². The zero-order chi connectivity index (χ0) is 9.38. The first-order valence-electron chi connectivity index (χ1n) is 5.60. The predicted octanol–water partition coefficient (Wildman–Crippen LogP) is 1.70. The number of hydrogen-bond acceptors (Lipinski definition) is 2. The quantitative estimate of drug-likeness (QED) is 0.665. The molecule has 0 spiro atoms. The van der Waals surface area contributed by atoms with Gasteiger partial charge in [0.1, 0.15) is 0 Å². The van der Waals surface area contributed by atoms with Crippen molar-refractivity contribution >= 4 is 5.71 Å². The lowest BCUT2D eigenvalue weighted by Crippen LogP contribution is -2.18. The fourth-order valence-electron chi connectivity index (χ4n) is 2.18. The molecular formula is C12H16N2. The molecule has 0 unspecified atom stereocenters. The van der Waals surface area contributed by atoms with E-state index >= 15 is 0 Å². The van der Waals surface area contributed by atoms with Crippen LogP contribution >= 0.6 is 0 Å². The van der Waals surface area contributed by atoms with Crippen molar-refractivity contribution in [1.29, 1.82) is 0 Å². The minimum atomic E-state index is 0.450. The molecule has 0 aromatic rings. The molecule has 3 aliphatic rings. The lowest BCUT2D eigenvalue weighted by atomic mass is 9.99.